The monoisotopic (exact) mass is 488 g/mol. The molecule has 0 aliphatic rings. The number of Topliss-reactive ketones (excluding diaryl/α,β-unsaturated/α-hetero) is 1. The van der Waals surface area contributed by atoms with Crippen LogP contribution in [0.1, 0.15) is 62.6 Å². The molecule has 7 nitrogen and oxygen atoms in total. The number of thioether (sulfide) groups is 1. The molecule has 8 heteroatoms. The van der Waals surface area contributed by atoms with Crippen molar-refractivity contribution in [1.29, 1.82) is 0 Å². The number of para-hydroxylation sites is 1. The largest absolute Gasteiger partial charge is 0.496 e. The smallest absolute Gasteiger partial charge is 0.255 e. The summed E-state index contributed by atoms with van der Waals surface area (Å²) in [6.45, 7) is 6.02. The summed E-state index contributed by atoms with van der Waals surface area (Å²) >= 11 is 1.46. The molecule has 0 bridgehead atoms. The van der Waals surface area contributed by atoms with Crippen LogP contribution < -0.4 is 15.4 Å². The Hall–Kier alpha value is -2.74. The van der Waals surface area contributed by atoms with Crippen LogP contribution in [0.25, 0.3) is 0 Å². The standard InChI is InChI=1S/C26H36N2O5S/c1-5-6-12-21(23(29)17-34-16-19-10-9-14-33-19)27-26(31)22(15-18(2)3)28-25(30)20-11-7-8-13-24(20)32-4/h7-11,13-14,18,21-22H,5-6,12,15-17H2,1-4H3,(H,27,31)(H,28,30). The van der Waals surface area contributed by atoms with Crippen molar-refractivity contribution < 1.29 is 23.5 Å². The van der Waals surface area contributed by atoms with Crippen LogP contribution in [-0.4, -0.2) is 42.5 Å². The van der Waals surface area contributed by atoms with E-state index in [1.165, 1.54) is 18.9 Å². The first-order chi connectivity index (χ1) is 16.3. The molecular formula is C26H36N2O5S. The zero-order valence-electron chi connectivity index (χ0n) is 20.5. The van der Waals surface area contributed by atoms with E-state index in [2.05, 4.69) is 10.6 Å². The minimum atomic E-state index is -0.759. The van der Waals surface area contributed by atoms with Gasteiger partial charge in [-0.1, -0.05) is 45.7 Å². The minimum absolute atomic E-state index is 0.0299. The fourth-order valence-electron chi connectivity index (χ4n) is 3.51. The summed E-state index contributed by atoms with van der Waals surface area (Å²) in [6, 6.07) is 9.22. The molecule has 1 aromatic heterocycles. The summed E-state index contributed by atoms with van der Waals surface area (Å²) in [5.41, 5.74) is 0.361. The molecular weight excluding hydrogens is 452 g/mol. The highest BCUT2D eigenvalue weighted by Gasteiger charge is 2.28. The maximum absolute atomic E-state index is 13.2. The molecule has 2 atom stereocenters. The van der Waals surface area contributed by atoms with Gasteiger partial charge in [-0.3, -0.25) is 14.4 Å². The van der Waals surface area contributed by atoms with Crippen LogP contribution >= 0.6 is 11.8 Å². The van der Waals surface area contributed by atoms with Gasteiger partial charge in [0, 0.05) is 0 Å². The van der Waals surface area contributed by atoms with E-state index in [4.69, 9.17) is 9.15 Å². The second-order valence-electron chi connectivity index (χ2n) is 8.60. The highest BCUT2D eigenvalue weighted by atomic mass is 32.2. The average molecular weight is 489 g/mol. The van der Waals surface area contributed by atoms with Gasteiger partial charge in [0.15, 0.2) is 5.78 Å². The number of ketones is 1. The van der Waals surface area contributed by atoms with E-state index in [-0.39, 0.29) is 29.3 Å². The van der Waals surface area contributed by atoms with Gasteiger partial charge in [-0.05, 0) is 43.0 Å². The first kappa shape index (κ1) is 27.5. The molecule has 0 aliphatic heterocycles. The fraction of sp³-hybridized carbons (Fsp3) is 0.500. The molecule has 2 aromatic rings. The maximum Gasteiger partial charge on any atom is 0.255 e. The van der Waals surface area contributed by atoms with Gasteiger partial charge in [0.1, 0.15) is 17.6 Å². The molecule has 2 unspecified atom stereocenters. The Balaban J connectivity index is 2.06. The summed E-state index contributed by atoms with van der Waals surface area (Å²) in [5, 5.41) is 5.76. The van der Waals surface area contributed by atoms with E-state index < -0.39 is 12.1 Å². The number of hydrogen-bond acceptors (Lipinski definition) is 6. The lowest BCUT2D eigenvalue weighted by molar-refractivity contribution is -0.128. The van der Waals surface area contributed by atoms with Crippen molar-refractivity contribution >= 4 is 29.4 Å². The Kier molecular flexibility index (Phi) is 11.7. The van der Waals surface area contributed by atoms with Crippen LogP contribution in [-0.2, 0) is 15.3 Å². The first-order valence-corrected chi connectivity index (χ1v) is 12.9. The number of nitrogens with one attached hydrogen (secondary N) is 2. The van der Waals surface area contributed by atoms with Crippen molar-refractivity contribution in [2.75, 3.05) is 12.9 Å². The van der Waals surface area contributed by atoms with Crippen LogP contribution in [0.15, 0.2) is 47.1 Å². The number of unbranched alkanes of at least 4 members (excludes halogenated alkanes) is 1. The normalized spacial score (nSPS) is 12.7. The Labute approximate surface area is 206 Å². The molecule has 0 saturated heterocycles. The van der Waals surface area contributed by atoms with Gasteiger partial charge in [-0.2, -0.15) is 0 Å². The molecule has 0 saturated carbocycles. The highest BCUT2D eigenvalue weighted by Crippen LogP contribution is 2.18. The van der Waals surface area contributed by atoms with Crippen molar-refractivity contribution in [3.63, 3.8) is 0 Å². The van der Waals surface area contributed by atoms with Gasteiger partial charge in [-0.25, -0.2) is 0 Å². The Morgan fingerprint density at radius 2 is 1.82 bits per heavy atom. The minimum Gasteiger partial charge on any atom is -0.496 e. The van der Waals surface area contributed by atoms with Gasteiger partial charge in [0.25, 0.3) is 5.91 Å². The molecule has 2 rings (SSSR count). The zero-order chi connectivity index (χ0) is 24.9. The zero-order valence-corrected chi connectivity index (χ0v) is 21.3. The van der Waals surface area contributed by atoms with Gasteiger partial charge >= 0.3 is 0 Å². The summed E-state index contributed by atoms with van der Waals surface area (Å²) < 4.78 is 10.6. The number of carbonyl (C=O) groups is 3. The number of methoxy groups -OCH3 is 1. The predicted molar refractivity (Wildman–Crippen MR) is 135 cm³/mol. The van der Waals surface area contributed by atoms with Crippen molar-refractivity contribution in [3.05, 3.63) is 54.0 Å². The summed E-state index contributed by atoms with van der Waals surface area (Å²) in [5.74, 6) is 1.53. The molecule has 186 valence electrons. The van der Waals surface area contributed by atoms with Crippen LogP contribution in [0, 0.1) is 5.92 Å². The first-order valence-electron chi connectivity index (χ1n) is 11.7. The number of furan rings is 1. The molecule has 0 spiro atoms. The summed E-state index contributed by atoms with van der Waals surface area (Å²) in [7, 11) is 1.50. The predicted octanol–water partition coefficient (Wildman–Crippen LogP) is 4.61. The van der Waals surface area contributed by atoms with E-state index in [0.717, 1.165) is 18.6 Å². The Morgan fingerprint density at radius 3 is 2.47 bits per heavy atom. The molecule has 2 N–H and O–H groups in total. The number of hydrogen-bond donors (Lipinski definition) is 2. The van der Waals surface area contributed by atoms with Crippen molar-refractivity contribution in [2.45, 2.75) is 64.3 Å². The maximum atomic E-state index is 13.2. The quantitative estimate of drug-likeness (QED) is 0.380. The summed E-state index contributed by atoms with van der Waals surface area (Å²) in [4.78, 5) is 39.0. The third-order valence-electron chi connectivity index (χ3n) is 5.30. The van der Waals surface area contributed by atoms with E-state index >= 15 is 0 Å². The number of amides is 2. The average Bonchev–Trinajstić information content (AvgIpc) is 3.34. The van der Waals surface area contributed by atoms with Gasteiger partial charge in [0.2, 0.25) is 5.91 Å². The van der Waals surface area contributed by atoms with Gasteiger partial charge in [0.05, 0.1) is 36.5 Å². The van der Waals surface area contributed by atoms with E-state index in [1.807, 2.05) is 32.9 Å². The lowest BCUT2D eigenvalue weighted by Crippen LogP contribution is -2.52. The molecule has 1 heterocycles. The number of ether oxygens (including phenoxy) is 1. The Morgan fingerprint density at radius 1 is 1.06 bits per heavy atom. The van der Waals surface area contributed by atoms with E-state index in [9.17, 15) is 14.4 Å². The SMILES string of the molecule is CCCCC(NC(=O)C(CC(C)C)NC(=O)c1ccccc1OC)C(=O)CSCc1ccco1. The van der Waals surface area contributed by atoms with Crippen LogP contribution in [0.2, 0.25) is 0 Å². The lowest BCUT2D eigenvalue weighted by atomic mass is 10.0. The number of carbonyl (C=O) groups excluding carboxylic acids is 3. The topological polar surface area (TPSA) is 97.6 Å². The molecule has 1 aromatic carbocycles. The fourth-order valence-corrected chi connectivity index (χ4v) is 4.38. The second kappa shape index (κ2) is 14.5. The lowest BCUT2D eigenvalue weighted by Gasteiger charge is -2.24. The van der Waals surface area contributed by atoms with Crippen molar-refractivity contribution in [1.82, 2.24) is 10.6 Å². The number of rotatable bonds is 15. The molecule has 34 heavy (non-hydrogen) atoms. The van der Waals surface area contributed by atoms with E-state index in [1.54, 1.807) is 30.5 Å². The van der Waals surface area contributed by atoms with Crippen molar-refractivity contribution in [3.8, 4) is 5.75 Å². The van der Waals surface area contributed by atoms with Gasteiger partial charge < -0.3 is 19.8 Å². The van der Waals surface area contributed by atoms with Gasteiger partial charge in [-0.15, -0.1) is 11.8 Å². The Bertz CT molecular complexity index is 914. The molecule has 0 radical (unpaired) electrons. The second-order valence-corrected chi connectivity index (χ2v) is 9.58. The van der Waals surface area contributed by atoms with E-state index in [0.29, 0.717) is 29.9 Å². The molecule has 0 aliphatic carbocycles. The summed E-state index contributed by atoms with van der Waals surface area (Å²) in [6.07, 6.45) is 4.36. The molecule has 2 amide bonds. The number of benzene rings is 1. The highest BCUT2D eigenvalue weighted by molar-refractivity contribution is 7.99. The van der Waals surface area contributed by atoms with Crippen LogP contribution in [0.4, 0.5) is 0 Å². The van der Waals surface area contributed by atoms with Crippen LogP contribution in [0.3, 0.4) is 0 Å². The molecule has 0 fully saturated rings. The third kappa shape index (κ3) is 8.89. The third-order valence-corrected chi connectivity index (χ3v) is 6.28. The van der Waals surface area contributed by atoms with Crippen LogP contribution in [0.5, 0.6) is 5.75 Å². The van der Waals surface area contributed by atoms with Crippen molar-refractivity contribution in [2.24, 2.45) is 5.92 Å².